The molecule has 2 amide bonds. The SMILES string of the molecule is O=C(Nc1cccc(Cl)c1F)N1CCN(CCc2ccccc2)CC1. The predicted octanol–water partition coefficient (Wildman–Crippen LogP) is 3.87. The largest absolute Gasteiger partial charge is 0.322 e. The molecule has 25 heavy (non-hydrogen) atoms. The maximum atomic E-state index is 13.9. The highest BCUT2D eigenvalue weighted by molar-refractivity contribution is 6.31. The van der Waals surface area contributed by atoms with Gasteiger partial charge in [-0.2, -0.15) is 0 Å². The Balaban J connectivity index is 1.47. The number of benzene rings is 2. The number of amides is 2. The molecule has 2 aromatic rings. The van der Waals surface area contributed by atoms with Crippen LogP contribution in [-0.2, 0) is 6.42 Å². The number of anilines is 1. The van der Waals surface area contributed by atoms with E-state index in [4.69, 9.17) is 11.6 Å². The Hall–Kier alpha value is -2.11. The molecule has 0 aromatic heterocycles. The lowest BCUT2D eigenvalue weighted by molar-refractivity contribution is 0.148. The predicted molar refractivity (Wildman–Crippen MR) is 98.6 cm³/mol. The van der Waals surface area contributed by atoms with Gasteiger partial charge in [-0.05, 0) is 24.1 Å². The number of urea groups is 1. The second kappa shape index (κ2) is 8.32. The molecule has 0 saturated carbocycles. The second-order valence-electron chi connectivity index (χ2n) is 6.10. The van der Waals surface area contributed by atoms with E-state index in [1.807, 2.05) is 18.2 Å². The van der Waals surface area contributed by atoms with E-state index in [-0.39, 0.29) is 16.7 Å². The van der Waals surface area contributed by atoms with E-state index in [9.17, 15) is 9.18 Å². The molecule has 1 N–H and O–H groups in total. The molecule has 1 aliphatic heterocycles. The van der Waals surface area contributed by atoms with Crippen LogP contribution in [0.4, 0.5) is 14.9 Å². The fourth-order valence-electron chi connectivity index (χ4n) is 2.90. The lowest BCUT2D eigenvalue weighted by Crippen LogP contribution is -2.50. The Morgan fingerprint density at radius 1 is 1.04 bits per heavy atom. The molecule has 0 bridgehead atoms. The standard InChI is InChI=1S/C19H21ClFN3O/c20-16-7-4-8-17(18(16)21)22-19(25)24-13-11-23(12-14-24)10-9-15-5-2-1-3-6-15/h1-8H,9-14H2,(H,22,25). The van der Waals surface area contributed by atoms with E-state index < -0.39 is 5.82 Å². The number of nitrogens with zero attached hydrogens (tertiary/aromatic N) is 2. The zero-order chi connectivity index (χ0) is 17.6. The Bertz CT molecular complexity index is 718. The minimum absolute atomic E-state index is 0.00327. The summed E-state index contributed by atoms with van der Waals surface area (Å²) in [7, 11) is 0. The van der Waals surface area contributed by atoms with Crippen molar-refractivity contribution in [2.45, 2.75) is 6.42 Å². The highest BCUT2D eigenvalue weighted by Gasteiger charge is 2.21. The van der Waals surface area contributed by atoms with Crippen molar-refractivity contribution in [3.05, 3.63) is 64.9 Å². The first-order valence-corrected chi connectivity index (χ1v) is 8.77. The van der Waals surface area contributed by atoms with Gasteiger partial charge >= 0.3 is 6.03 Å². The topological polar surface area (TPSA) is 35.6 Å². The Labute approximate surface area is 152 Å². The van der Waals surface area contributed by atoms with Gasteiger partial charge in [0.2, 0.25) is 0 Å². The number of piperazine rings is 1. The van der Waals surface area contributed by atoms with Gasteiger partial charge in [-0.3, -0.25) is 4.90 Å². The molecule has 1 saturated heterocycles. The van der Waals surface area contributed by atoms with Gasteiger partial charge in [0, 0.05) is 32.7 Å². The second-order valence-corrected chi connectivity index (χ2v) is 6.50. The van der Waals surface area contributed by atoms with E-state index in [2.05, 4.69) is 22.3 Å². The van der Waals surface area contributed by atoms with Crippen molar-refractivity contribution in [2.24, 2.45) is 0 Å². The number of rotatable bonds is 4. The first kappa shape index (κ1) is 17.7. The van der Waals surface area contributed by atoms with Crippen molar-refractivity contribution < 1.29 is 9.18 Å². The molecule has 0 spiro atoms. The van der Waals surface area contributed by atoms with Crippen LogP contribution in [0.25, 0.3) is 0 Å². The summed E-state index contributed by atoms with van der Waals surface area (Å²) in [5.41, 5.74) is 1.43. The van der Waals surface area contributed by atoms with Crippen LogP contribution < -0.4 is 5.32 Å². The average Bonchev–Trinajstić information content (AvgIpc) is 2.65. The minimum Gasteiger partial charge on any atom is -0.322 e. The van der Waals surface area contributed by atoms with E-state index in [1.165, 1.54) is 17.7 Å². The van der Waals surface area contributed by atoms with Crippen molar-refractivity contribution in [3.63, 3.8) is 0 Å². The third kappa shape index (κ3) is 4.71. The van der Waals surface area contributed by atoms with Gasteiger partial charge in [0.15, 0.2) is 5.82 Å². The highest BCUT2D eigenvalue weighted by Crippen LogP contribution is 2.22. The molecule has 0 radical (unpaired) electrons. The van der Waals surface area contributed by atoms with Gasteiger partial charge in [-0.15, -0.1) is 0 Å². The summed E-state index contributed by atoms with van der Waals surface area (Å²) in [6.45, 7) is 3.87. The summed E-state index contributed by atoms with van der Waals surface area (Å²) in [6, 6.07) is 14.7. The van der Waals surface area contributed by atoms with Gasteiger partial charge in [-0.25, -0.2) is 9.18 Å². The number of hydrogen-bond acceptors (Lipinski definition) is 2. The van der Waals surface area contributed by atoms with Crippen LogP contribution in [0.15, 0.2) is 48.5 Å². The zero-order valence-electron chi connectivity index (χ0n) is 13.9. The van der Waals surface area contributed by atoms with Crippen LogP contribution in [0.1, 0.15) is 5.56 Å². The van der Waals surface area contributed by atoms with E-state index >= 15 is 0 Å². The van der Waals surface area contributed by atoms with Crippen LogP contribution >= 0.6 is 11.6 Å². The number of carbonyl (C=O) groups excluding carboxylic acids is 1. The summed E-state index contributed by atoms with van der Waals surface area (Å²) in [4.78, 5) is 16.4. The van der Waals surface area contributed by atoms with Crippen LogP contribution in [0.2, 0.25) is 5.02 Å². The third-order valence-corrected chi connectivity index (χ3v) is 4.70. The molecular weight excluding hydrogens is 341 g/mol. The van der Waals surface area contributed by atoms with Gasteiger partial charge in [-0.1, -0.05) is 48.0 Å². The summed E-state index contributed by atoms with van der Waals surface area (Å²) in [5, 5.41) is 2.61. The number of hydrogen-bond donors (Lipinski definition) is 1. The monoisotopic (exact) mass is 361 g/mol. The Morgan fingerprint density at radius 3 is 2.48 bits per heavy atom. The average molecular weight is 362 g/mol. The maximum Gasteiger partial charge on any atom is 0.322 e. The van der Waals surface area contributed by atoms with Crippen LogP contribution in [0.3, 0.4) is 0 Å². The fourth-order valence-corrected chi connectivity index (χ4v) is 3.08. The third-order valence-electron chi connectivity index (χ3n) is 4.41. The van der Waals surface area contributed by atoms with Crippen molar-refractivity contribution in [2.75, 3.05) is 38.0 Å². The molecule has 0 unspecified atom stereocenters. The van der Waals surface area contributed by atoms with Gasteiger partial charge in [0.1, 0.15) is 0 Å². The van der Waals surface area contributed by atoms with E-state index in [0.717, 1.165) is 26.1 Å². The zero-order valence-corrected chi connectivity index (χ0v) is 14.7. The van der Waals surface area contributed by atoms with Gasteiger partial charge in [0.25, 0.3) is 0 Å². The maximum absolute atomic E-state index is 13.9. The molecule has 1 heterocycles. The van der Waals surface area contributed by atoms with E-state index in [0.29, 0.717) is 13.1 Å². The van der Waals surface area contributed by atoms with Crippen LogP contribution in [0.5, 0.6) is 0 Å². The summed E-state index contributed by atoms with van der Waals surface area (Å²) >= 11 is 5.74. The quantitative estimate of drug-likeness (QED) is 0.897. The lowest BCUT2D eigenvalue weighted by atomic mass is 10.1. The van der Waals surface area contributed by atoms with Gasteiger partial charge < -0.3 is 10.2 Å². The van der Waals surface area contributed by atoms with Gasteiger partial charge in [0.05, 0.1) is 10.7 Å². The number of nitrogens with one attached hydrogen (secondary N) is 1. The molecule has 4 nitrogen and oxygen atoms in total. The molecule has 3 rings (SSSR count). The number of halogens is 2. The summed E-state index contributed by atoms with van der Waals surface area (Å²) in [6.07, 6.45) is 1.00. The molecular formula is C19H21ClFN3O. The Morgan fingerprint density at radius 2 is 1.76 bits per heavy atom. The van der Waals surface area contributed by atoms with Crippen molar-refractivity contribution in [1.29, 1.82) is 0 Å². The fraction of sp³-hybridized carbons (Fsp3) is 0.316. The molecule has 1 aliphatic rings. The smallest absolute Gasteiger partial charge is 0.322 e. The lowest BCUT2D eigenvalue weighted by Gasteiger charge is -2.34. The van der Waals surface area contributed by atoms with Crippen molar-refractivity contribution in [1.82, 2.24) is 9.80 Å². The van der Waals surface area contributed by atoms with Crippen molar-refractivity contribution >= 4 is 23.3 Å². The first-order valence-electron chi connectivity index (χ1n) is 8.40. The summed E-state index contributed by atoms with van der Waals surface area (Å²) in [5.74, 6) is -0.598. The highest BCUT2D eigenvalue weighted by atomic mass is 35.5. The van der Waals surface area contributed by atoms with Crippen molar-refractivity contribution in [3.8, 4) is 0 Å². The molecule has 0 aliphatic carbocycles. The molecule has 1 fully saturated rings. The van der Waals surface area contributed by atoms with Crippen LogP contribution in [-0.4, -0.2) is 48.6 Å². The van der Waals surface area contributed by atoms with E-state index in [1.54, 1.807) is 11.0 Å². The molecule has 6 heteroatoms. The Kier molecular flexibility index (Phi) is 5.89. The normalized spacial score (nSPS) is 15.2. The number of carbonyl (C=O) groups is 1. The minimum atomic E-state index is -0.598. The molecule has 2 aromatic carbocycles. The summed E-state index contributed by atoms with van der Waals surface area (Å²) < 4.78 is 13.9. The molecule has 0 atom stereocenters. The molecule has 132 valence electrons. The van der Waals surface area contributed by atoms with Crippen LogP contribution in [0, 0.1) is 5.82 Å². The first-order chi connectivity index (χ1) is 12.1.